The third-order valence-electron chi connectivity index (χ3n) is 3.28. The van der Waals surface area contributed by atoms with Crippen LogP contribution in [0.2, 0.25) is 0 Å². The van der Waals surface area contributed by atoms with Gasteiger partial charge >= 0.3 is 0 Å². The van der Waals surface area contributed by atoms with E-state index in [2.05, 4.69) is 5.32 Å². The molecule has 0 saturated carbocycles. The van der Waals surface area contributed by atoms with Crippen LogP contribution in [0.15, 0.2) is 36.4 Å². The third kappa shape index (κ3) is 3.70. The van der Waals surface area contributed by atoms with Gasteiger partial charge in [-0.25, -0.2) is 8.78 Å². The molecule has 0 saturated heterocycles. The Balaban J connectivity index is 2.09. The number of ether oxygens (including phenoxy) is 1. The molecule has 2 N–H and O–H groups in total. The van der Waals surface area contributed by atoms with Crippen LogP contribution in [0.25, 0.3) is 0 Å². The molecule has 1 unspecified atom stereocenters. The minimum atomic E-state index is -0.662. The molecule has 5 heteroatoms. The smallest absolute Gasteiger partial charge is 0.165 e. The van der Waals surface area contributed by atoms with Gasteiger partial charge in [0, 0.05) is 18.2 Å². The summed E-state index contributed by atoms with van der Waals surface area (Å²) in [6.07, 6.45) is 0. The molecule has 0 aromatic heterocycles. The number of aromatic hydroxyl groups is 1. The molecule has 2 rings (SSSR count). The van der Waals surface area contributed by atoms with Crippen molar-refractivity contribution in [2.75, 3.05) is 7.11 Å². The van der Waals surface area contributed by atoms with Gasteiger partial charge in [0.1, 0.15) is 11.6 Å². The zero-order chi connectivity index (χ0) is 15.4. The standard InChI is InChI=1S/C16H17F2NO2/c1-10(13-8-12(17)4-6-16(13)21-2)19-9-11-3-5-15(20)14(18)7-11/h3-8,10,19-20H,9H2,1-2H3. The molecule has 0 aliphatic heterocycles. The molecule has 0 spiro atoms. The molecule has 3 nitrogen and oxygen atoms in total. The maximum atomic E-state index is 13.3. The second-order valence-electron chi connectivity index (χ2n) is 4.77. The molecule has 2 aromatic carbocycles. The van der Waals surface area contributed by atoms with Crippen molar-refractivity contribution in [3.63, 3.8) is 0 Å². The van der Waals surface area contributed by atoms with E-state index in [1.54, 1.807) is 12.1 Å². The minimum Gasteiger partial charge on any atom is -0.505 e. The molecule has 0 radical (unpaired) electrons. The molecular formula is C16H17F2NO2. The second-order valence-corrected chi connectivity index (χ2v) is 4.77. The lowest BCUT2D eigenvalue weighted by Gasteiger charge is -2.17. The van der Waals surface area contributed by atoms with Gasteiger partial charge in [-0.2, -0.15) is 0 Å². The Morgan fingerprint density at radius 3 is 2.62 bits per heavy atom. The zero-order valence-electron chi connectivity index (χ0n) is 11.9. The number of phenolic OH excluding ortho intramolecular Hbond substituents is 1. The average Bonchev–Trinajstić information content (AvgIpc) is 2.48. The zero-order valence-corrected chi connectivity index (χ0v) is 11.9. The van der Waals surface area contributed by atoms with Crippen LogP contribution in [0, 0.1) is 11.6 Å². The average molecular weight is 293 g/mol. The van der Waals surface area contributed by atoms with Crippen LogP contribution in [0.5, 0.6) is 11.5 Å². The molecule has 0 bridgehead atoms. The van der Waals surface area contributed by atoms with Gasteiger partial charge in [-0.05, 0) is 42.8 Å². The topological polar surface area (TPSA) is 41.5 Å². The van der Waals surface area contributed by atoms with Crippen LogP contribution >= 0.6 is 0 Å². The summed E-state index contributed by atoms with van der Waals surface area (Å²) in [4.78, 5) is 0. The van der Waals surface area contributed by atoms with E-state index in [1.165, 1.54) is 31.4 Å². The van der Waals surface area contributed by atoms with Gasteiger partial charge in [-0.3, -0.25) is 0 Å². The van der Waals surface area contributed by atoms with Crippen LogP contribution < -0.4 is 10.1 Å². The predicted octanol–water partition coefficient (Wildman–Crippen LogP) is 3.53. The molecule has 2 aromatic rings. The highest BCUT2D eigenvalue weighted by molar-refractivity contribution is 5.36. The number of hydrogen-bond acceptors (Lipinski definition) is 3. The Morgan fingerprint density at radius 2 is 1.95 bits per heavy atom. The van der Waals surface area contributed by atoms with E-state index in [4.69, 9.17) is 9.84 Å². The number of phenols is 1. The highest BCUT2D eigenvalue weighted by atomic mass is 19.1. The molecule has 21 heavy (non-hydrogen) atoms. The van der Waals surface area contributed by atoms with Gasteiger partial charge < -0.3 is 15.2 Å². The van der Waals surface area contributed by atoms with Crippen molar-refractivity contribution in [1.82, 2.24) is 5.32 Å². The van der Waals surface area contributed by atoms with E-state index < -0.39 is 5.82 Å². The Labute approximate surface area is 122 Å². The van der Waals surface area contributed by atoms with Crippen LogP contribution in [-0.4, -0.2) is 12.2 Å². The number of methoxy groups -OCH3 is 1. The fraction of sp³-hybridized carbons (Fsp3) is 0.250. The van der Waals surface area contributed by atoms with Crippen molar-refractivity contribution in [2.45, 2.75) is 19.5 Å². The summed E-state index contributed by atoms with van der Waals surface area (Å²) in [5.41, 5.74) is 1.38. The monoisotopic (exact) mass is 293 g/mol. The Morgan fingerprint density at radius 1 is 1.19 bits per heavy atom. The first kappa shape index (κ1) is 15.3. The van der Waals surface area contributed by atoms with Crippen molar-refractivity contribution in [1.29, 1.82) is 0 Å². The molecular weight excluding hydrogens is 276 g/mol. The van der Waals surface area contributed by atoms with Crippen LogP contribution in [-0.2, 0) is 6.54 Å². The fourth-order valence-electron chi connectivity index (χ4n) is 2.08. The van der Waals surface area contributed by atoms with E-state index >= 15 is 0 Å². The normalized spacial score (nSPS) is 12.2. The number of benzene rings is 2. The number of halogens is 2. The van der Waals surface area contributed by atoms with Crippen molar-refractivity contribution >= 4 is 0 Å². The molecule has 1 atom stereocenters. The molecule has 0 amide bonds. The fourth-order valence-corrected chi connectivity index (χ4v) is 2.08. The first-order valence-corrected chi connectivity index (χ1v) is 6.55. The second kappa shape index (κ2) is 6.54. The lowest BCUT2D eigenvalue weighted by molar-refractivity contribution is 0.399. The summed E-state index contributed by atoms with van der Waals surface area (Å²) in [5.74, 6) is -0.785. The first-order valence-electron chi connectivity index (χ1n) is 6.55. The van der Waals surface area contributed by atoms with Gasteiger partial charge in [-0.15, -0.1) is 0 Å². The minimum absolute atomic E-state index is 0.174. The highest BCUT2D eigenvalue weighted by Crippen LogP contribution is 2.26. The summed E-state index contributed by atoms with van der Waals surface area (Å²) >= 11 is 0. The summed E-state index contributed by atoms with van der Waals surface area (Å²) in [5, 5.41) is 12.3. The van der Waals surface area contributed by atoms with E-state index in [1.807, 2.05) is 6.92 Å². The summed E-state index contributed by atoms with van der Waals surface area (Å²) in [7, 11) is 1.53. The van der Waals surface area contributed by atoms with Crippen LogP contribution in [0.4, 0.5) is 8.78 Å². The highest BCUT2D eigenvalue weighted by Gasteiger charge is 2.12. The summed E-state index contributed by atoms with van der Waals surface area (Å²) in [6, 6.07) is 8.34. The third-order valence-corrected chi connectivity index (χ3v) is 3.28. The molecule has 112 valence electrons. The SMILES string of the molecule is COc1ccc(F)cc1C(C)NCc1ccc(O)c(F)c1. The van der Waals surface area contributed by atoms with Crippen molar-refractivity contribution < 1.29 is 18.6 Å². The number of rotatable bonds is 5. The van der Waals surface area contributed by atoms with Gasteiger partial charge in [0.2, 0.25) is 0 Å². The van der Waals surface area contributed by atoms with E-state index in [9.17, 15) is 8.78 Å². The van der Waals surface area contributed by atoms with Gasteiger partial charge in [0.15, 0.2) is 11.6 Å². The van der Waals surface area contributed by atoms with E-state index in [-0.39, 0.29) is 17.6 Å². The number of hydrogen-bond donors (Lipinski definition) is 2. The Hall–Kier alpha value is -2.14. The Kier molecular flexibility index (Phi) is 4.75. The molecule has 0 heterocycles. The maximum absolute atomic E-state index is 13.3. The molecule has 0 aliphatic rings. The summed E-state index contributed by atoms with van der Waals surface area (Å²) < 4.78 is 31.8. The lowest BCUT2D eigenvalue weighted by atomic mass is 10.1. The molecule has 0 fully saturated rings. The van der Waals surface area contributed by atoms with Gasteiger partial charge in [0.25, 0.3) is 0 Å². The number of nitrogens with one attached hydrogen (secondary N) is 1. The Bertz CT molecular complexity index is 632. The van der Waals surface area contributed by atoms with Gasteiger partial charge in [0.05, 0.1) is 7.11 Å². The van der Waals surface area contributed by atoms with E-state index in [0.29, 0.717) is 23.4 Å². The van der Waals surface area contributed by atoms with Crippen LogP contribution in [0.3, 0.4) is 0 Å². The predicted molar refractivity (Wildman–Crippen MR) is 76.3 cm³/mol. The lowest BCUT2D eigenvalue weighted by Crippen LogP contribution is -2.19. The van der Waals surface area contributed by atoms with E-state index in [0.717, 1.165) is 0 Å². The van der Waals surface area contributed by atoms with Gasteiger partial charge in [-0.1, -0.05) is 6.07 Å². The van der Waals surface area contributed by atoms with Crippen molar-refractivity contribution in [2.24, 2.45) is 0 Å². The van der Waals surface area contributed by atoms with Crippen molar-refractivity contribution in [3.05, 3.63) is 59.2 Å². The quantitative estimate of drug-likeness (QED) is 0.886. The maximum Gasteiger partial charge on any atom is 0.165 e. The van der Waals surface area contributed by atoms with Crippen LogP contribution in [0.1, 0.15) is 24.1 Å². The largest absolute Gasteiger partial charge is 0.505 e. The van der Waals surface area contributed by atoms with Crippen molar-refractivity contribution in [3.8, 4) is 11.5 Å². The molecule has 0 aliphatic carbocycles. The first-order chi connectivity index (χ1) is 10.0. The summed E-state index contributed by atoms with van der Waals surface area (Å²) in [6.45, 7) is 2.26.